The highest BCUT2D eigenvalue weighted by Gasteiger charge is 2.50. The third-order valence-corrected chi connectivity index (χ3v) is 4.25. The molecule has 0 bridgehead atoms. The molecule has 3 rings (SSSR count). The van der Waals surface area contributed by atoms with Crippen LogP contribution in [0, 0.1) is 5.41 Å². The van der Waals surface area contributed by atoms with Gasteiger partial charge in [0.05, 0.1) is 12.7 Å². The van der Waals surface area contributed by atoms with Crippen LogP contribution in [0.1, 0.15) is 24.5 Å². The third kappa shape index (κ3) is 1.76. The largest absolute Gasteiger partial charge is 0.371 e. The van der Waals surface area contributed by atoms with Crippen molar-refractivity contribution in [2.45, 2.75) is 25.0 Å². The van der Waals surface area contributed by atoms with Gasteiger partial charge in [-0.3, -0.25) is 4.98 Å². The van der Waals surface area contributed by atoms with Crippen molar-refractivity contribution in [2.75, 3.05) is 19.7 Å². The molecular weight excluding hydrogens is 214 g/mol. The lowest BCUT2D eigenvalue weighted by molar-refractivity contribution is 0.0289. The second-order valence-electron chi connectivity index (χ2n) is 5.08. The number of nitrogens with one attached hydrogen (secondary N) is 1. The summed E-state index contributed by atoms with van der Waals surface area (Å²) in [6, 6.07) is 4.25. The molecule has 2 fully saturated rings. The van der Waals surface area contributed by atoms with E-state index in [1.807, 2.05) is 24.5 Å². The molecule has 0 aliphatic carbocycles. The molecule has 1 spiro atoms. The van der Waals surface area contributed by atoms with Gasteiger partial charge in [0.25, 0.3) is 0 Å². The Hall–Kier alpha value is -0.970. The minimum absolute atomic E-state index is 0.118. The molecule has 2 unspecified atom stereocenters. The highest BCUT2D eigenvalue weighted by molar-refractivity contribution is 5.20. The average Bonchev–Trinajstić information content (AvgIpc) is 2.69. The number of hydrogen-bond donors (Lipinski definition) is 2. The predicted octanol–water partition coefficient (Wildman–Crippen LogP) is 0.850. The van der Waals surface area contributed by atoms with E-state index in [9.17, 15) is 0 Å². The van der Waals surface area contributed by atoms with Gasteiger partial charge in [-0.25, -0.2) is 0 Å². The van der Waals surface area contributed by atoms with E-state index in [0.29, 0.717) is 6.61 Å². The molecule has 2 aliphatic heterocycles. The van der Waals surface area contributed by atoms with E-state index in [-0.39, 0.29) is 17.6 Å². The second kappa shape index (κ2) is 4.37. The van der Waals surface area contributed by atoms with Gasteiger partial charge in [0.15, 0.2) is 0 Å². The number of pyridine rings is 1. The maximum absolute atomic E-state index is 6.30. The molecule has 1 aromatic heterocycles. The summed E-state index contributed by atoms with van der Waals surface area (Å²) in [5.74, 6) is 0. The van der Waals surface area contributed by atoms with Crippen LogP contribution in [0.25, 0.3) is 0 Å². The van der Waals surface area contributed by atoms with Gasteiger partial charge in [-0.15, -0.1) is 0 Å². The van der Waals surface area contributed by atoms with Gasteiger partial charge in [-0.05, 0) is 43.6 Å². The first-order valence-corrected chi connectivity index (χ1v) is 6.31. The van der Waals surface area contributed by atoms with Crippen molar-refractivity contribution >= 4 is 0 Å². The van der Waals surface area contributed by atoms with Gasteiger partial charge in [0.1, 0.15) is 0 Å². The van der Waals surface area contributed by atoms with E-state index in [4.69, 9.17) is 10.5 Å². The van der Waals surface area contributed by atoms with Crippen molar-refractivity contribution < 1.29 is 4.74 Å². The van der Waals surface area contributed by atoms with Crippen LogP contribution in [-0.2, 0) is 4.74 Å². The van der Waals surface area contributed by atoms with Crippen LogP contribution >= 0.6 is 0 Å². The van der Waals surface area contributed by atoms with Gasteiger partial charge in [-0.1, -0.05) is 0 Å². The maximum Gasteiger partial charge on any atom is 0.0899 e. The Kier molecular flexibility index (Phi) is 2.86. The van der Waals surface area contributed by atoms with Crippen molar-refractivity contribution in [3.8, 4) is 0 Å². The lowest BCUT2D eigenvalue weighted by Gasteiger charge is -2.40. The van der Waals surface area contributed by atoms with Gasteiger partial charge in [-0.2, -0.15) is 0 Å². The molecule has 4 nitrogen and oxygen atoms in total. The molecule has 0 saturated carbocycles. The Morgan fingerprint density at radius 2 is 2.00 bits per heavy atom. The summed E-state index contributed by atoms with van der Waals surface area (Å²) in [4.78, 5) is 4.07. The number of hydrogen-bond acceptors (Lipinski definition) is 4. The monoisotopic (exact) mass is 233 g/mol. The van der Waals surface area contributed by atoms with Crippen LogP contribution in [0.2, 0.25) is 0 Å². The summed E-state index contributed by atoms with van der Waals surface area (Å²) in [7, 11) is 0. The number of aromatic nitrogens is 1. The van der Waals surface area contributed by atoms with Crippen LogP contribution < -0.4 is 11.1 Å². The summed E-state index contributed by atoms with van der Waals surface area (Å²) in [6.07, 6.45) is 6.00. The zero-order valence-corrected chi connectivity index (χ0v) is 9.93. The van der Waals surface area contributed by atoms with Crippen molar-refractivity contribution in [2.24, 2.45) is 11.1 Å². The lowest BCUT2D eigenvalue weighted by Crippen LogP contribution is -2.48. The molecule has 2 atom stereocenters. The summed E-state index contributed by atoms with van der Waals surface area (Å²) in [5.41, 5.74) is 7.64. The van der Waals surface area contributed by atoms with Crippen molar-refractivity contribution in [3.63, 3.8) is 0 Å². The van der Waals surface area contributed by atoms with Crippen molar-refractivity contribution in [3.05, 3.63) is 30.1 Å². The molecule has 3 N–H and O–H groups in total. The van der Waals surface area contributed by atoms with Gasteiger partial charge < -0.3 is 15.8 Å². The highest BCUT2D eigenvalue weighted by atomic mass is 16.5. The summed E-state index contributed by atoms with van der Waals surface area (Å²) in [5, 5.41) is 3.41. The van der Waals surface area contributed by atoms with E-state index < -0.39 is 0 Å². The Balaban J connectivity index is 1.93. The molecule has 2 saturated heterocycles. The minimum atomic E-state index is 0.118. The standard InChI is InChI=1S/C13H19N3O/c14-11-9-17-12(10-1-5-15-6-2-10)13(11)3-7-16-8-4-13/h1-2,5-6,11-12,16H,3-4,7-9,14H2. The van der Waals surface area contributed by atoms with Crippen molar-refractivity contribution in [1.82, 2.24) is 10.3 Å². The first-order chi connectivity index (χ1) is 8.33. The Labute approximate surface area is 102 Å². The zero-order valence-electron chi connectivity index (χ0n) is 9.93. The molecule has 2 aliphatic rings. The van der Waals surface area contributed by atoms with Crippen LogP contribution in [-0.4, -0.2) is 30.7 Å². The van der Waals surface area contributed by atoms with E-state index in [2.05, 4.69) is 10.3 Å². The van der Waals surface area contributed by atoms with Gasteiger partial charge in [0, 0.05) is 23.9 Å². The highest BCUT2D eigenvalue weighted by Crippen LogP contribution is 2.50. The normalized spacial score (nSPS) is 31.8. The fourth-order valence-electron chi connectivity index (χ4n) is 3.22. The molecule has 17 heavy (non-hydrogen) atoms. The molecule has 3 heterocycles. The fraction of sp³-hybridized carbons (Fsp3) is 0.615. The first kappa shape index (κ1) is 11.1. The number of ether oxygens (including phenoxy) is 1. The number of piperidine rings is 1. The van der Waals surface area contributed by atoms with Crippen LogP contribution in [0.5, 0.6) is 0 Å². The molecule has 0 radical (unpaired) electrons. The van der Waals surface area contributed by atoms with E-state index in [1.54, 1.807) is 0 Å². The van der Waals surface area contributed by atoms with Gasteiger partial charge in [0.2, 0.25) is 0 Å². The predicted molar refractivity (Wildman–Crippen MR) is 65.4 cm³/mol. The van der Waals surface area contributed by atoms with E-state index in [0.717, 1.165) is 25.9 Å². The molecular formula is C13H19N3O. The van der Waals surface area contributed by atoms with Crippen LogP contribution in [0.3, 0.4) is 0 Å². The zero-order chi connectivity index (χ0) is 11.7. The van der Waals surface area contributed by atoms with Gasteiger partial charge >= 0.3 is 0 Å². The topological polar surface area (TPSA) is 60.2 Å². The Morgan fingerprint density at radius 1 is 1.29 bits per heavy atom. The number of nitrogens with two attached hydrogens (primary N) is 1. The first-order valence-electron chi connectivity index (χ1n) is 6.31. The maximum atomic E-state index is 6.30. The molecule has 1 aromatic rings. The third-order valence-electron chi connectivity index (χ3n) is 4.25. The second-order valence-corrected chi connectivity index (χ2v) is 5.08. The molecule has 0 amide bonds. The Bertz CT molecular complexity index is 376. The lowest BCUT2D eigenvalue weighted by atomic mass is 9.69. The van der Waals surface area contributed by atoms with Crippen LogP contribution in [0.15, 0.2) is 24.5 Å². The van der Waals surface area contributed by atoms with Crippen LogP contribution in [0.4, 0.5) is 0 Å². The van der Waals surface area contributed by atoms with E-state index >= 15 is 0 Å². The fourth-order valence-corrected chi connectivity index (χ4v) is 3.22. The Morgan fingerprint density at radius 3 is 2.71 bits per heavy atom. The average molecular weight is 233 g/mol. The smallest absolute Gasteiger partial charge is 0.0899 e. The molecule has 0 aromatic carbocycles. The summed E-state index contributed by atoms with van der Waals surface area (Å²) in [6.45, 7) is 2.75. The van der Waals surface area contributed by atoms with Crippen molar-refractivity contribution in [1.29, 1.82) is 0 Å². The number of rotatable bonds is 1. The van der Waals surface area contributed by atoms with E-state index in [1.165, 1.54) is 5.56 Å². The quantitative estimate of drug-likeness (QED) is 0.755. The molecule has 92 valence electrons. The number of nitrogens with zero attached hydrogens (tertiary/aromatic N) is 1. The SMILES string of the molecule is NC1COC(c2ccncc2)C12CCNCC2. The molecule has 4 heteroatoms. The minimum Gasteiger partial charge on any atom is -0.371 e. The summed E-state index contributed by atoms with van der Waals surface area (Å²) < 4.78 is 5.96. The summed E-state index contributed by atoms with van der Waals surface area (Å²) >= 11 is 0.